The Morgan fingerprint density at radius 3 is 2.31 bits per heavy atom. The van der Waals surface area contributed by atoms with E-state index in [1.807, 2.05) is 30.3 Å². The molecule has 0 spiro atoms. The molecule has 1 amide bonds. The van der Waals surface area contributed by atoms with E-state index in [0.717, 1.165) is 4.90 Å². The quantitative estimate of drug-likeness (QED) is 0.518. The zero-order chi connectivity index (χ0) is 18.9. The molecule has 0 fully saturated rings. The van der Waals surface area contributed by atoms with Crippen LogP contribution in [0.2, 0.25) is 0 Å². The van der Waals surface area contributed by atoms with Gasteiger partial charge in [-0.2, -0.15) is 8.78 Å². The third-order valence-electron chi connectivity index (χ3n) is 3.12. The van der Waals surface area contributed by atoms with Crippen LogP contribution in [0.5, 0.6) is 0 Å². The van der Waals surface area contributed by atoms with E-state index in [2.05, 4.69) is 5.32 Å². The standard InChI is InChI=1S/C18H17F2NO3S2/c1-12(24-16(22)11-25-14-5-3-2-4-6-14)17(23)21-13-7-9-15(10-8-13)26-18(19)20/h2-10,12,18H,11H2,1H3,(H,21,23)/t12-/m0/s1. The Balaban J connectivity index is 1.78. The Hall–Kier alpha value is -2.06. The van der Waals surface area contributed by atoms with E-state index < -0.39 is 23.7 Å². The molecule has 8 heteroatoms. The van der Waals surface area contributed by atoms with Crippen LogP contribution < -0.4 is 5.32 Å². The molecule has 0 saturated heterocycles. The van der Waals surface area contributed by atoms with Gasteiger partial charge in [0.2, 0.25) is 0 Å². The van der Waals surface area contributed by atoms with Gasteiger partial charge >= 0.3 is 5.97 Å². The first-order valence-corrected chi connectivity index (χ1v) is 9.53. The van der Waals surface area contributed by atoms with Gasteiger partial charge in [0.05, 0.1) is 5.75 Å². The average molecular weight is 397 g/mol. The lowest BCUT2D eigenvalue weighted by Gasteiger charge is -2.13. The molecule has 1 N–H and O–H groups in total. The number of esters is 1. The van der Waals surface area contributed by atoms with Crippen molar-refractivity contribution in [2.75, 3.05) is 11.1 Å². The minimum atomic E-state index is -2.50. The van der Waals surface area contributed by atoms with E-state index in [1.165, 1.54) is 43.0 Å². The summed E-state index contributed by atoms with van der Waals surface area (Å²) >= 11 is 1.75. The van der Waals surface area contributed by atoms with Crippen LogP contribution in [0, 0.1) is 0 Å². The number of anilines is 1. The maximum atomic E-state index is 12.3. The smallest absolute Gasteiger partial charge is 0.317 e. The van der Waals surface area contributed by atoms with Gasteiger partial charge in [-0.1, -0.05) is 30.0 Å². The summed E-state index contributed by atoms with van der Waals surface area (Å²) in [7, 11) is 0. The van der Waals surface area contributed by atoms with Gasteiger partial charge in [-0.05, 0) is 43.3 Å². The van der Waals surface area contributed by atoms with E-state index in [0.29, 0.717) is 22.3 Å². The normalized spacial score (nSPS) is 11.8. The molecule has 0 aromatic heterocycles. The number of benzene rings is 2. The Kier molecular flexibility index (Phi) is 7.93. The summed E-state index contributed by atoms with van der Waals surface area (Å²) in [4.78, 5) is 25.2. The maximum Gasteiger partial charge on any atom is 0.317 e. The molecule has 1 atom stereocenters. The number of nitrogens with one attached hydrogen (secondary N) is 1. The van der Waals surface area contributed by atoms with Crippen LogP contribution in [0.4, 0.5) is 14.5 Å². The fraction of sp³-hybridized carbons (Fsp3) is 0.222. The molecule has 0 heterocycles. The summed E-state index contributed by atoms with van der Waals surface area (Å²) in [5.41, 5.74) is 0.440. The molecule has 0 aliphatic rings. The van der Waals surface area contributed by atoms with Gasteiger partial charge in [-0.15, -0.1) is 11.8 Å². The van der Waals surface area contributed by atoms with Crippen molar-refractivity contribution in [3.05, 3.63) is 54.6 Å². The first-order valence-electron chi connectivity index (χ1n) is 7.67. The SMILES string of the molecule is C[C@H](OC(=O)CSc1ccccc1)C(=O)Nc1ccc(SC(F)F)cc1. The summed E-state index contributed by atoms with van der Waals surface area (Å²) < 4.78 is 29.7. The van der Waals surface area contributed by atoms with Crippen molar-refractivity contribution in [2.45, 2.75) is 28.6 Å². The van der Waals surface area contributed by atoms with Crippen LogP contribution >= 0.6 is 23.5 Å². The van der Waals surface area contributed by atoms with E-state index in [-0.39, 0.29) is 5.75 Å². The molecule has 0 radical (unpaired) electrons. The summed E-state index contributed by atoms with van der Waals surface area (Å²) in [6, 6.07) is 15.4. The predicted molar refractivity (Wildman–Crippen MR) is 99.7 cm³/mol. The minimum Gasteiger partial charge on any atom is -0.452 e. The zero-order valence-electron chi connectivity index (χ0n) is 13.9. The van der Waals surface area contributed by atoms with Crippen molar-refractivity contribution in [1.82, 2.24) is 0 Å². The lowest BCUT2D eigenvalue weighted by atomic mass is 10.3. The van der Waals surface area contributed by atoms with Crippen molar-refractivity contribution >= 4 is 41.1 Å². The highest BCUT2D eigenvalue weighted by Gasteiger charge is 2.18. The van der Waals surface area contributed by atoms with Crippen molar-refractivity contribution in [2.24, 2.45) is 0 Å². The first-order chi connectivity index (χ1) is 12.4. The fourth-order valence-electron chi connectivity index (χ4n) is 1.91. The van der Waals surface area contributed by atoms with Crippen LogP contribution in [0.1, 0.15) is 6.92 Å². The van der Waals surface area contributed by atoms with Crippen molar-refractivity contribution in [3.8, 4) is 0 Å². The number of thioether (sulfide) groups is 2. The minimum absolute atomic E-state index is 0.0984. The maximum absolute atomic E-state index is 12.3. The van der Waals surface area contributed by atoms with Gasteiger partial charge in [-0.3, -0.25) is 9.59 Å². The van der Waals surface area contributed by atoms with Gasteiger partial charge in [0, 0.05) is 15.5 Å². The second kappa shape index (κ2) is 10.2. The van der Waals surface area contributed by atoms with Crippen LogP contribution in [0.15, 0.2) is 64.4 Å². The summed E-state index contributed by atoms with van der Waals surface area (Å²) in [6.45, 7) is 1.47. The molecule has 26 heavy (non-hydrogen) atoms. The number of rotatable bonds is 8. The van der Waals surface area contributed by atoms with Gasteiger partial charge in [0.25, 0.3) is 11.7 Å². The van der Waals surface area contributed by atoms with Gasteiger partial charge in [-0.25, -0.2) is 0 Å². The Labute approximate surface area is 158 Å². The van der Waals surface area contributed by atoms with E-state index >= 15 is 0 Å². The number of hydrogen-bond donors (Lipinski definition) is 1. The molecule has 2 aromatic rings. The second-order valence-electron chi connectivity index (χ2n) is 5.13. The molecule has 0 saturated carbocycles. The molecular formula is C18H17F2NO3S2. The molecule has 138 valence electrons. The Morgan fingerprint density at radius 1 is 1.04 bits per heavy atom. The number of ether oxygens (including phenoxy) is 1. The number of carbonyl (C=O) groups excluding carboxylic acids is 2. The largest absolute Gasteiger partial charge is 0.452 e. The molecule has 0 aliphatic carbocycles. The highest BCUT2D eigenvalue weighted by atomic mass is 32.2. The molecule has 2 aromatic carbocycles. The van der Waals surface area contributed by atoms with Crippen LogP contribution in [0.25, 0.3) is 0 Å². The lowest BCUT2D eigenvalue weighted by molar-refractivity contribution is -0.150. The van der Waals surface area contributed by atoms with E-state index in [9.17, 15) is 18.4 Å². The van der Waals surface area contributed by atoms with Crippen LogP contribution in [-0.2, 0) is 14.3 Å². The average Bonchev–Trinajstić information content (AvgIpc) is 2.62. The zero-order valence-corrected chi connectivity index (χ0v) is 15.5. The number of amides is 1. The molecular weight excluding hydrogens is 380 g/mol. The summed E-state index contributed by atoms with van der Waals surface area (Å²) in [5.74, 6) is -3.38. The third kappa shape index (κ3) is 7.05. The first kappa shape index (κ1) is 20.3. The number of carbonyl (C=O) groups is 2. The van der Waals surface area contributed by atoms with Crippen LogP contribution in [-0.4, -0.2) is 29.5 Å². The molecule has 0 unspecified atom stereocenters. The predicted octanol–water partition coefficient (Wildman–Crippen LogP) is 4.66. The van der Waals surface area contributed by atoms with Crippen molar-refractivity contribution in [3.63, 3.8) is 0 Å². The van der Waals surface area contributed by atoms with Crippen molar-refractivity contribution < 1.29 is 23.1 Å². The number of halogens is 2. The highest BCUT2D eigenvalue weighted by Crippen LogP contribution is 2.26. The van der Waals surface area contributed by atoms with Crippen LogP contribution in [0.3, 0.4) is 0 Å². The monoisotopic (exact) mass is 397 g/mol. The number of hydrogen-bond acceptors (Lipinski definition) is 5. The van der Waals surface area contributed by atoms with Gasteiger partial charge in [0.15, 0.2) is 6.10 Å². The van der Waals surface area contributed by atoms with Gasteiger partial charge in [0.1, 0.15) is 0 Å². The van der Waals surface area contributed by atoms with E-state index in [4.69, 9.17) is 4.74 Å². The summed E-state index contributed by atoms with van der Waals surface area (Å²) in [6.07, 6.45) is -0.964. The highest BCUT2D eigenvalue weighted by molar-refractivity contribution is 8.00. The van der Waals surface area contributed by atoms with E-state index in [1.54, 1.807) is 0 Å². The fourth-order valence-corrected chi connectivity index (χ4v) is 3.11. The van der Waals surface area contributed by atoms with Gasteiger partial charge < -0.3 is 10.1 Å². The molecule has 2 rings (SSSR count). The number of alkyl halides is 2. The topological polar surface area (TPSA) is 55.4 Å². The summed E-state index contributed by atoms with van der Waals surface area (Å²) in [5, 5.41) is 2.58. The lowest BCUT2D eigenvalue weighted by Crippen LogP contribution is -2.30. The Morgan fingerprint density at radius 2 is 1.69 bits per heavy atom. The molecule has 4 nitrogen and oxygen atoms in total. The molecule has 0 aliphatic heterocycles. The Bertz CT molecular complexity index is 727. The third-order valence-corrected chi connectivity index (χ3v) is 4.83. The molecule has 0 bridgehead atoms. The second-order valence-corrected chi connectivity index (χ2v) is 7.24. The van der Waals surface area contributed by atoms with Crippen molar-refractivity contribution in [1.29, 1.82) is 0 Å².